The maximum absolute atomic E-state index is 12.3. The minimum absolute atomic E-state index is 0.295. The molecule has 0 atom stereocenters. The molecular formula is C16H15ClN2O2S2. The second-order valence-corrected chi connectivity index (χ2v) is 6.72. The highest BCUT2D eigenvalue weighted by Crippen LogP contribution is 2.33. The highest BCUT2D eigenvalue weighted by Gasteiger charge is 2.20. The molecule has 0 aliphatic rings. The van der Waals surface area contributed by atoms with E-state index in [9.17, 15) is 9.59 Å². The lowest BCUT2D eigenvalue weighted by Gasteiger charge is -2.13. The zero-order chi connectivity index (χ0) is 17.0. The molecular weight excluding hydrogens is 352 g/mol. The van der Waals surface area contributed by atoms with Gasteiger partial charge in [-0.2, -0.15) is 0 Å². The monoisotopic (exact) mass is 366 g/mol. The van der Waals surface area contributed by atoms with Gasteiger partial charge in [-0.15, -0.1) is 23.5 Å². The fraction of sp³-hybridized carbons (Fsp3) is 0.188. The molecule has 1 N–H and O–H groups in total. The van der Waals surface area contributed by atoms with Gasteiger partial charge in [0.1, 0.15) is 5.03 Å². The summed E-state index contributed by atoms with van der Waals surface area (Å²) in [5.41, 5.74) is 1.73. The van der Waals surface area contributed by atoms with Gasteiger partial charge < -0.3 is 5.32 Å². The topological polar surface area (TPSA) is 59.1 Å². The summed E-state index contributed by atoms with van der Waals surface area (Å²) in [5, 5.41) is 3.90. The third kappa shape index (κ3) is 4.28. The van der Waals surface area contributed by atoms with Crippen LogP contribution in [0.2, 0.25) is 5.02 Å². The van der Waals surface area contributed by atoms with Crippen LogP contribution in [-0.2, 0) is 4.79 Å². The number of halogens is 1. The van der Waals surface area contributed by atoms with Crippen LogP contribution in [0, 0.1) is 6.92 Å². The number of aromatic nitrogens is 1. The Bertz CT molecular complexity index is 723. The van der Waals surface area contributed by atoms with Crippen molar-refractivity contribution in [3.8, 4) is 0 Å². The maximum Gasteiger partial charge on any atom is 0.296 e. The first-order chi connectivity index (χ1) is 11.0. The number of ketones is 1. The summed E-state index contributed by atoms with van der Waals surface area (Å²) in [7, 11) is 0. The van der Waals surface area contributed by atoms with Gasteiger partial charge in [0.25, 0.3) is 11.7 Å². The second kappa shape index (κ2) is 7.86. The molecule has 0 bridgehead atoms. The fourth-order valence-electron chi connectivity index (χ4n) is 1.94. The number of carbonyl (C=O) groups is 2. The minimum atomic E-state index is -0.691. The molecule has 7 heteroatoms. The number of aryl methyl sites for hydroxylation is 1. The van der Waals surface area contributed by atoms with Crippen molar-refractivity contribution in [2.45, 2.75) is 16.8 Å². The molecule has 0 fully saturated rings. The molecule has 1 aromatic carbocycles. The van der Waals surface area contributed by atoms with Crippen molar-refractivity contribution in [3.63, 3.8) is 0 Å². The maximum atomic E-state index is 12.3. The molecule has 0 spiro atoms. The molecule has 0 radical (unpaired) electrons. The Morgan fingerprint density at radius 2 is 1.78 bits per heavy atom. The average molecular weight is 367 g/mol. The van der Waals surface area contributed by atoms with Gasteiger partial charge in [-0.05, 0) is 49.8 Å². The van der Waals surface area contributed by atoms with Gasteiger partial charge in [-0.25, -0.2) is 4.98 Å². The zero-order valence-electron chi connectivity index (χ0n) is 12.8. The van der Waals surface area contributed by atoms with Crippen molar-refractivity contribution in [1.29, 1.82) is 0 Å². The number of hydrogen-bond acceptors (Lipinski definition) is 5. The van der Waals surface area contributed by atoms with Gasteiger partial charge >= 0.3 is 0 Å². The van der Waals surface area contributed by atoms with Crippen molar-refractivity contribution in [2.75, 3.05) is 17.8 Å². The number of carbonyl (C=O) groups excluding carboxylic acids is 2. The Hall–Kier alpha value is -1.50. The number of nitrogens with zero attached hydrogens (tertiary/aromatic N) is 1. The van der Waals surface area contributed by atoms with Gasteiger partial charge in [0.15, 0.2) is 0 Å². The Balaban J connectivity index is 2.29. The molecule has 0 aliphatic carbocycles. The number of amides is 1. The van der Waals surface area contributed by atoms with Crippen molar-refractivity contribution >= 4 is 52.5 Å². The smallest absolute Gasteiger partial charge is 0.296 e. The van der Waals surface area contributed by atoms with Crippen LogP contribution in [0.3, 0.4) is 0 Å². The van der Waals surface area contributed by atoms with Crippen molar-refractivity contribution in [1.82, 2.24) is 4.98 Å². The van der Waals surface area contributed by atoms with E-state index in [1.807, 2.05) is 25.5 Å². The lowest BCUT2D eigenvalue weighted by molar-refractivity contribution is -0.112. The Morgan fingerprint density at radius 3 is 2.35 bits per heavy atom. The standard InChI is InChI=1S/C16H15ClN2O2S2/c1-9-8-12(22-2)13(16(18-9)23-3)19-15(21)14(20)10-4-6-11(17)7-5-10/h4-8H,1-3H3,(H,19,21). The molecule has 23 heavy (non-hydrogen) atoms. The second-order valence-electron chi connectivity index (χ2n) is 4.64. The molecule has 120 valence electrons. The number of thioether (sulfide) groups is 2. The van der Waals surface area contributed by atoms with Gasteiger partial charge in [-0.1, -0.05) is 11.6 Å². The zero-order valence-corrected chi connectivity index (χ0v) is 15.2. The Labute approximate surface area is 148 Å². The van der Waals surface area contributed by atoms with Crippen molar-refractivity contribution in [3.05, 3.63) is 46.6 Å². The van der Waals surface area contributed by atoms with Crippen LogP contribution in [0.1, 0.15) is 16.1 Å². The molecule has 1 aromatic heterocycles. The number of anilines is 1. The first-order valence-electron chi connectivity index (χ1n) is 6.67. The molecule has 0 saturated carbocycles. The summed E-state index contributed by atoms with van der Waals surface area (Å²) >= 11 is 8.71. The first kappa shape index (κ1) is 17.8. The van der Waals surface area contributed by atoms with Crippen LogP contribution in [0.25, 0.3) is 0 Å². The largest absolute Gasteiger partial charge is 0.316 e. The van der Waals surface area contributed by atoms with E-state index >= 15 is 0 Å². The molecule has 4 nitrogen and oxygen atoms in total. The van der Waals surface area contributed by atoms with E-state index in [4.69, 9.17) is 11.6 Å². The van der Waals surface area contributed by atoms with Crippen molar-refractivity contribution in [2.24, 2.45) is 0 Å². The highest BCUT2D eigenvalue weighted by molar-refractivity contribution is 7.99. The highest BCUT2D eigenvalue weighted by atomic mass is 35.5. The molecule has 0 aliphatic heterocycles. The van der Waals surface area contributed by atoms with Crippen LogP contribution >= 0.6 is 35.1 Å². The Kier molecular flexibility index (Phi) is 6.10. The summed E-state index contributed by atoms with van der Waals surface area (Å²) in [4.78, 5) is 29.8. The SMILES string of the molecule is CSc1cc(C)nc(SC)c1NC(=O)C(=O)c1ccc(Cl)cc1. The number of pyridine rings is 1. The molecule has 0 unspecified atom stereocenters. The van der Waals surface area contributed by atoms with Crippen LogP contribution in [-0.4, -0.2) is 29.2 Å². The van der Waals surface area contributed by atoms with Crippen LogP contribution < -0.4 is 5.32 Å². The lowest BCUT2D eigenvalue weighted by atomic mass is 10.1. The lowest BCUT2D eigenvalue weighted by Crippen LogP contribution is -2.23. The Morgan fingerprint density at radius 1 is 1.13 bits per heavy atom. The quantitative estimate of drug-likeness (QED) is 0.485. The summed E-state index contributed by atoms with van der Waals surface area (Å²) in [6.07, 6.45) is 3.79. The summed E-state index contributed by atoms with van der Waals surface area (Å²) in [6, 6.07) is 8.10. The number of nitrogens with one attached hydrogen (secondary N) is 1. The molecule has 1 amide bonds. The molecule has 1 heterocycles. The van der Waals surface area contributed by atoms with E-state index in [0.29, 0.717) is 21.3 Å². The number of rotatable bonds is 5. The van der Waals surface area contributed by atoms with Gasteiger partial charge in [-0.3, -0.25) is 9.59 Å². The summed E-state index contributed by atoms with van der Waals surface area (Å²) < 4.78 is 0. The average Bonchev–Trinajstić information content (AvgIpc) is 2.55. The van der Waals surface area contributed by atoms with Crippen LogP contribution in [0.15, 0.2) is 40.3 Å². The van der Waals surface area contributed by atoms with Crippen LogP contribution in [0.4, 0.5) is 5.69 Å². The van der Waals surface area contributed by atoms with E-state index in [1.165, 1.54) is 35.7 Å². The first-order valence-corrected chi connectivity index (χ1v) is 9.50. The van der Waals surface area contributed by atoms with Gasteiger partial charge in [0, 0.05) is 21.2 Å². The molecule has 2 aromatic rings. The summed E-state index contributed by atoms with van der Waals surface area (Å²) in [5.74, 6) is -1.30. The predicted molar refractivity (Wildman–Crippen MR) is 96.9 cm³/mol. The summed E-state index contributed by atoms with van der Waals surface area (Å²) in [6.45, 7) is 1.89. The predicted octanol–water partition coefficient (Wildman–Crippen LogP) is 4.31. The van der Waals surface area contributed by atoms with E-state index < -0.39 is 11.7 Å². The van der Waals surface area contributed by atoms with Gasteiger partial charge in [0.2, 0.25) is 0 Å². The van der Waals surface area contributed by atoms with E-state index in [2.05, 4.69) is 10.3 Å². The number of Topliss-reactive ketones (excluding diaryl/α,β-unsaturated/α-hetero) is 1. The van der Waals surface area contributed by atoms with Gasteiger partial charge in [0.05, 0.1) is 5.69 Å². The fourth-order valence-corrected chi connectivity index (χ4v) is 3.37. The number of hydrogen-bond donors (Lipinski definition) is 1. The molecule has 2 rings (SSSR count). The third-order valence-corrected chi connectivity index (χ3v) is 4.74. The molecule has 0 saturated heterocycles. The normalized spacial score (nSPS) is 10.4. The van der Waals surface area contributed by atoms with E-state index in [1.54, 1.807) is 12.1 Å². The third-order valence-electron chi connectivity index (χ3n) is 3.04. The van der Waals surface area contributed by atoms with Crippen LogP contribution in [0.5, 0.6) is 0 Å². The van der Waals surface area contributed by atoms with E-state index in [0.717, 1.165) is 10.6 Å². The van der Waals surface area contributed by atoms with Crippen molar-refractivity contribution < 1.29 is 9.59 Å². The van der Waals surface area contributed by atoms with E-state index in [-0.39, 0.29) is 0 Å². The number of benzene rings is 1. The minimum Gasteiger partial charge on any atom is -0.316 e.